The van der Waals surface area contributed by atoms with Crippen molar-refractivity contribution in [3.8, 4) is 5.88 Å². The summed E-state index contributed by atoms with van der Waals surface area (Å²) in [5, 5.41) is 2.92. The fourth-order valence-electron chi connectivity index (χ4n) is 4.49. The Bertz CT molecular complexity index is 867. The van der Waals surface area contributed by atoms with Crippen LogP contribution < -0.4 is 10.1 Å². The number of carbonyl (C=O) groups excluding carboxylic acids is 1. The number of amides is 1. The largest absolute Gasteiger partial charge is 0.481 e. The van der Waals surface area contributed by atoms with E-state index >= 15 is 0 Å². The Morgan fingerprint density at radius 3 is 2.71 bits per heavy atom. The van der Waals surface area contributed by atoms with Gasteiger partial charge in [0.25, 0.3) is 0 Å². The molecule has 1 N–H and O–H groups in total. The van der Waals surface area contributed by atoms with Crippen molar-refractivity contribution in [2.75, 3.05) is 32.1 Å². The molecular weight excluding hydrogens is 357 g/mol. The second-order valence-electron chi connectivity index (χ2n) is 7.59. The topological polar surface area (TPSA) is 54.5 Å². The van der Waals surface area contributed by atoms with Crippen LogP contribution in [-0.2, 0) is 10.2 Å². The summed E-state index contributed by atoms with van der Waals surface area (Å²) in [6.45, 7) is 3.10. The predicted molar refractivity (Wildman–Crippen MR) is 106 cm³/mol. The number of likely N-dealkylation sites (tertiary alicyclic amines) is 1. The molecule has 1 aromatic heterocycles. The van der Waals surface area contributed by atoms with Crippen LogP contribution in [0.15, 0.2) is 36.4 Å². The van der Waals surface area contributed by atoms with Crippen LogP contribution in [0.4, 0.5) is 10.1 Å². The van der Waals surface area contributed by atoms with Crippen molar-refractivity contribution >= 4 is 11.6 Å². The molecule has 1 amide bonds. The number of piperidine rings is 1. The zero-order valence-corrected chi connectivity index (χ0v) is 16.2. The number of nitrogens with one attached hydrogen (secondary N) is 1. The van der Waals surface area contributed by atoms with Crippen LogP contribution in [0.2, 0.25) is 0 Å². The molecule has 148 valence electrons. The molecule has 3 heterocycles. The first-order valence-electron chi connectivity index (χ1n) is 9.99. The van der Waals surface area contributed by atoms with Crippen LogP contribution in [0.3, 0.4) is 0 Å². The summed E-state index contributed by atoms with van der Waals surface area (Å²) >= 11 is 0. The lowest BCUT2D eigenvalue weighted by Gasteiger charge is -2.30. The fourth-order valence-corrected chi connectivity index (χ4v) is 4.49. The quantitative estimate of drug-likeness (QED) is 0.826. The predicted octanol–water partition coefficient (Wildman–Crippen LogP) is 3.73. The maximum Gasteiger partial charge on any atom is 0.241 e. The average molecular weight is 383 g/mol. The summed E-state index contributed by atoms with van der Waals surface area (Å²) in [7, 11) is 1.54. The Balaban J connectivity index is 1.71. The van der Waals surface area contributed by atoms with Crippen molar-refractivity contribution in [2.24, 2.45) is 0 Å². The number of fused-ring (bicyclic) bond motifs is 1. The van der Waals surface area contributed by atoms with Gasteiger partial charge < -0.3 is 15.0 Å². The average Bonchev–Trinajstić information content (AvgIpc) is 3.00. The summed E-state index contributed by atoms with van der Waals surface area (Å²) in [6.07, 6.45) is 5.03. The molecule has 0 saturated carbocycles. The highest BCUT2D eigenvalue weighted by molar-refractivity contribution is 6.08. The van der Waals surface area contributed by atoms with Crippen molar-refractivity contribution in [1.29, 1.82) is 0 Å². The van der Waals surface area contributed by atoms with Crippen molar-refractivity contribution in [1.82, 2.24) is 9.88 Å². The number of carbonyl (C=O) groups is 1. The number of anilines is 1. The molecule has 0 aliphatic carbocycles. The third-order valence-electron chi connectivity index (χ3n) is 5.93. The van der Waals surface area contributed by atoms with E-state index in [0.29, 0.717) is 29.2 Å². The van der Waals surface area contributed by atoms with Crippen LogP contribution in [0.1, 0.15) is 43.4 Å². The number of aromatic nitrogens is 1. The van der Waals surface area contributed by atoms with Crippen molar-refractivity contribution < 1.29 is 13.9 Å². The number of ether oxygens (including phenoxy) is 1. The molecule has 1 atom stereocenters. The number of pyridine rings is 1. The first-order chi connectivity index (χ1) is 13.6. The van der Waals surface area contributed by atoms with Crippen LogP contribution in [0.25, 0.3) is 0 Å². The third-order valence-corrected chi connectivity index (χ3v) is 5.93. The molecule has 0 radical (unpaired) electrons. The van der Waals surface area contributed by atoms with Crippen LogP contribution in [0, 0.1) is 5.82 Å². The number of nitrogens with zero attached hydrogens (tertiary/aromatic N) is 2. The fraction of sp³-hybridized carbons (Fsp3) is 0.455. The zero-order valence-electron chi connectivity index (χ0n) is 16.2. The number of hydrogen-bond donors (Lipinski definition) is 1. The van der Waals surface area contributed by atoms with Gasteiger partial charge in [0, 0.05) is 11.6 Å². The summed E-state index contributed by atoms with van der Waals surface area (Å²) in [4.78, 5) is 20.2. The molecule has 6 heteroatoms. The van der Waals surface area contributed by atoms with Crippen molar-refractivity contribution in [2.45, 2.75) is 37.5 Å². The minimum atomic E-state index is -1.13. The molecule has 1 fully saturated rings. The van der Waals surface area contributed by atoms with Gasteiger partial charge in [-0.3, -0.25) is 4.79 Å². The first kappa shape index (κ1) is 18.9. The van der Waals surface area contributed by atoms with Crippen LogP contribution in [-0.4, -0.2) is 42.5 Å². The molecule has 0 bridgehead atoms. The molecule has 2 aliphatic rings. The second kappa shape index (κ2) is 7.87. The molecule has 0 spiro atoms. The maximum atomic E-state index is 14.9. The summed E-state index contributed by atoms with van der Waals surface area (Å²) in [6, 6.07) is 10.0. The minimum absolute atomic E-state index is 0.216. The van der Waals surface area contributed by atoms with Gasteiger partial charge in [0.2, 0.25) is 11.8 Å². The molecule has 28 heavy (non-hydrogen) atoms. The highest BCUT2D eigenvalue weighted by Gasteiger charge is 2.50. The lowest BCUT2D eigenvalue weighted by molar-refractivity contribution is -0.120. The van der Waals surface area contributed by atoms with E-state index in [9.17, 15) is 9.18 Å². The Morgan fingerprint density at radius 1 is 1.18 bits per heavy atom. The maximum absolute atomic E-state index is 14.9. The number of methoxy groups -OCH3 is 1. The van der Waals surface area contributed by atoms with Gasteiger partial charge >= 0.3 is 0 Å². The molecule has 1 aromatic carbocycles. The van der Waals surface area contributed by atoms with E-state index in [1.807, 2.05) is 0 Å². The van der Waals surface area contributed by atoms with Gasteiger partial charge in [0.05, 0.1) is 18.5 Å². The molecule has 5 nitrogen and oxygen atoms in total. The highest BCUT2D eigenvalue weighted by atomic mass is 19.1. The standard InChI is InChI=1S/C22H26FN3O2/c1-28-19-11-10-18-20(25-19)22(21(27)24-18,16-8-3-4-9-17(16)23)12-7-15-26-13-5-2-6-14-26/h3-4,8-11H,2,5-7,12-15H2,1H3,(H,24,27). The lowest BCUT2D eigenvalue weighted by Crippen LogP contribution is -2.39. The Labute approximate surface area is 164 Å². The van der Waals surface area contributed by atoms with E-state index in [-0.39, 0.29) is 11.7 Å². The molecule has 1 saturated heterocycles. The molecular formula is C22H26FN3O2. The van der Waals surface area contributed by atoms with Crippen molar-refractivity contribution in [3.63, 3.8) is 0 Å². The van der Waals surface area contributed by atoms with Gasteiger partial charge in [-0.1, -0.05) is 24.6 Å². The van der Waals surface area contributed by atoms with Gasteiger partial charge in [-0.05, 0) is 57.5 Å². The van der Waals surface area contributed by atoms with Gasteiger partial charge in [0.1, 0.15) is 11.2 Å². The van der Waals surface area contributed by atoms with Gasteiger partial charge in [-0.25, -0.2) is 9.37 Å². The monoisotopic (exact) mass is 383 g/mol. The molecule has 2 aliphatic heterocycles. The number of hydrogen-bond acceptors (Lipinski definition) is 4. The Morgan fingerprint density at radius 2 is 1.96 bits per heavy atom. The molecule has 2 aromatic rings. The van der Waals surface area contributed by atoms with Gasteiger partial charge in [-0.2, -0.15) is 0 Å². The van der Waals surface area contributed by atoms with E-state index < -0.39 is 5.41 Å². The number of halogens is 1. The normalized spacial score (nSPS) is 22.0. The van der Waals surface area contributed by atoms with Crippen LogP contribution in [0.5, 0.6) is 5.88 Å². The highest BCUT2D eigenvalue weighted by Crippen LogP contribution is 2.46. The number of rotatable bonds is 6. The van der Waals surface area contributed by atoms with Gasteiger partial charge in [-0.15, -0.1) is 0 Å². The lowest BCUT2D eigenvalue weighted by atomic mass is 9.74. The molecule has 4 rings (SSSR count). The summed E-state index contributed by atoms with van der Waals surface area (Å²) < 4.78 is 20.2. The Kier molecular flexibility index (Phi) is 5.31. The zero-order chi connectivity index (χ0) is 19.6. The summed E-state index contributed by atoms with van der Waals surface area (Å²) in [5.41, 5.74) is 0.434. The van der Waals surface area contributed by atoms with Crippen LogP contribution >= 0.6 is 0 Å². The second-order valence-corrected chi connectivity index (χ2v) is 7.59. The van der Waals surface area contributed by atoms with E-state index in [1.165, 1.54) is 25.3 Å². The smallest absolute Gasteiger partial charge is 0.241 e. The van der Waals surface area contributed by atoms with Gasteiger partial charge in [0.15, 0.2) is 0 Å². The SMILES string of the molecule is COc1ccc2c(n1)C(CCCN1CCCCC1)(c1ccccc1F)C(=O)N2. The minimum Gasteiger partial charge on any atom is -0.481 e. The summed E-state index contributed by atoms with van der Waals surface area (Å²) in [5.74, 6) is -0.174. The Hall–Kier alpha value is -2.47. The van der Waals surface area contributed by atoms with E-state index in [2.05, 4.69) is 15.2 Å². The van der Waals surface area contributed by atoms with E-state index in [1.54, 1.807) is 37.4 Å². The van der Waals surface area contributed by atoms with Crippen molar-refractivity contribution in [3.05, 3.63) is 53.5 Å². The third kappa shape index (κ3) is 3.26. The van der Waals surface area contributed by atoms with E-state index in [4.69, 9.17) is 4.74 Å². The van der Waals surface area contributed by atoms with E-state index in [0.717, 1.165) is 26.1 Å². The first-order valence-corrected chi connectivity index (χ1v) is 9.99. The number of benzene rings is 1. The molecule has 1 unspecified atom stereocenters.